The zero-order valence-corrected chi connectivity index (χ0v) is 19.2. The summed E-state index contributed by atoms with van der Waals surface area (Å²) >= 11 is 6.30. The van der Waals surface area contributed by atoms with Crippen molar-refractivity contribution in [2.24, 2.45) is 10.9 Å². The molecule has 174 valence electrons. The third kappa shape index (κ3) is 5.72. The molecule has 1 atom stereocenters. The molecule has 0 spiro atoms. The van der Waals surface area contributed by atoms with E-state index in [4.69, 9.17) is 16.3 Å². The van der Waals surface area contributed by atoms with E-state index >= 15 is 0 Å². The summed E-state index contributed by atoms with van der Waals surface area (Å²) < 4.78 is 32.2. The zero-order chi connectivity index (χ0) is 23.4. The number of halogens is 3. The van der Waals surface area contributed by atoms with E-state index in [1.54, 1.807) is 24.8 Å². The molecule has 1 saturated heterocycles. The summed E-state index contributed by atoms with van der Waals surface area (Å²) in [7, 11) is 0. The number of allylic oxidation sites excluding steroid dienone is 1. The number of ether oxygens (including phenoxy) is 1. The molecule has 1 aromatic rings. The Labute approximate surface area is 191 Å². The van der Waals surface area contributed by atoms with Gasteiger partial charge in [0.05, 0.1) is 12.5 Å². The Morgan fingerprint density at radius 2 is 1.97 bits per heavy atom. The first-order valence-corrected chi connectivity index (χ1v) is 11.0. The second-order valence-corrected chi connectivity index (χ2v) is 8.66. The maximum Gasteiger partial charge on any atom is 0.255 e. The highest BCUT2D eigenvalue weighted by molar-refractivity contribution is 6.31. The molecule has 2 aliphatic rings. The van der Waals surface area contributed by atoms with Crippen LogP contribution in [0.15, 0.2) is 28.8 Å². The third-order valence-corrected chi connectivity index (χ3v) is 6.12. The van der Waals surface area contributed by atoms with E-state index in [1.807, 2.05) is 13.0 Å². The summed E-state index contributed by atoms with van der Waals surface area (Å²) in [5.41, 5.74) is 2.84. The molecule has 9 heteroatoms. The predicted molar refractivity (Wildman–Crippen MR) is 121 cm³/mol. The maximum absolute atomic E-state index is 13.4. The molecule has 2 heterocycles. The van der Waals surface area contributed by atoms with Crippen molar-refractivity contribution in [3.63, 3.8) is 0 Å². The molecule has 3 rings (SSSR count). The number of anilines is 1. The molecule has 32 heavy (non-hydrogen) atoms. The number of amides is 2. The molecule has 0 aliphatic carbocycles. The van der Waals surface area contributed by atoms with Crippen LogP contribution in [0, 0.1) is 12.8 Å². The van der Waals surface area contributed by atoms with E-state index in [0.29, 0.717) is 48.6 Å². The van der Waals surface area contributed by atoms with Gasteiger partial charge in [-0.1, -0.05) is 17.2 Å². The summed E-state index contributed by atoms with van der Waals surface area (Å²) in [6, 6.07) is 3.02. The fourth-order valence-electron chi connectivity index (χ4n) is 4.24. The fraction of sp³-hybridized carbons (Fsp3) is 0.522. The summed E-state index contributed by atoms with van der Waals surface area (Å²) in [4.78, 5) is 30.8. The number of rotatable bonds is 7. The van der Waals surface area contributed by atoms with Gasteiger partial charge in [0.15, 0.2) is 0 Å². The van der Waals surface area contributed by atoms with Gasteiger partial charge in [-0.2, -0.15) is 0 Å². The van der Waals surface area contributed by atoms with Gasteiger partial charge in [-0.25, -0.2) is 13.8 Å². The Hall–Kier alpha value is -2.32. The molecule has 1 unspecified atom stereocenters. The predicted octanol–water partition coefficient (Wildman–Crippen LogP) is 4.19. The van der Waals surface area contributed by atoms with Crippen LogP contribution < -0.4 is 10.2 Å². The minimum Gasteiger partial charge on any atom is -0.381 e. The first kappa shape index (κ1) is 24.3. The van der Waals surface area contributed by atoms with Gasteiger partial charge in [0.1, 0.15) is 0 Å². The highest BCUT2D eigenvalue weighted by Crippen LogP contribution is 2.32. The number of benzene rings is 1. The Balaban J connectivity index is 1.83. The van der Waals surface area contributed by atoms with Gasteiger partial charge in [-0.15, -0.1) is 0 Å². The maximum atomic E-state index is 13.4. The van der Waals surface area contributed by atoms with E-state index in [0.717, 1.165) is 5.57 Å². The van der Waals surface area contributed by atoms with Gasteiger partial charge in [0.2, 0.25) is 0 Å². The van der Waals surface area contributed by atoms with Crippen LogP contribution in [0.4, 0.5) is 14.5 Å². The lowest BCUT2D eigenvalue weighted by Crippen LogP contribution is -2.43. The molecular formula is C23H28ClF2N3O3. The Kier molecular flexibility index (Phi) is 8.00. The molecule has 6 nitrogen and oxygen atoms in total. The van der Waals surface area contributed by atoms with Crippen LogP contribution in [-0.2, 0) is 9.53 Å². The summed E-state index contributed by atoms with van der Waals surface area (Å²) in [5, 5.41) is 3.07. The van der Waals surface area contributed by atoms with Crippen LogP contribution >= 0.6 is 11.6 Å². The highest BCUT2D eigenvalue weighted by Gasteiger charge is 2.28. The van der Waals surface area contributed by atoms with Crippen LogP contribution in [-0.4, -0.2) is 56.3 Å². The number of carbonyl (C=O) groups excluding carboxylic acids is 2. The lowest BCUT2D eigenvalue weighted by atomic mass is 9.95. The standard InChI is InChI=1S/C23H28ClF2N3O3/c1-13-8-14(2)28-23(31)19(13)11-27-22(30)18-9-16(24)10-20(15(18)3)29(12-21(25)26)17-4-6-32-7-5-17/h8-10,17,19,21H,4-7,11-12H2,1-3H3,(H,27,30). The van der Waals surface area contributed by atoms with Crippen LogP contribution in [0.25, 0.3) is 0 Å². The number of aliphatic imine (C=N–C) groups is 1. The number of nitrogens with one attached hydrogen (secondary N) is 1. The van der Waals surface area contributed by atoms with Crippen LogP contribution in [0.3, 0.4) is 0 Å². The monoisotopic (exact) mass is 467 g/mol. The van der Waals surface area contributed by atoms with Gasteiger partial charge < -0.3 is 15.0 Å². The smallest absolute Gasteiger partial charge is 0.255 e. The molecule has 1 N–H and O–H groups in total. The van der Waals surface area contributed by atoms with Gasteiger partial charge in [0.25, 0.3) is 18.2 Å². The third-order valence-electron chi connectivity index (χ3n) is 5.90. The first-order chi connectivity index (χ1) is 15.2. The van der Waals surface area contributed by atoms with E-state index in [1.165, 1.54) is 6.07 Å². The zero-order valence-electron chi connectivity index (χ0n) is 18.5. The van der Waals surface area contributed by atoms with Crippen molar-refractivity contribution in [2.45, 2.75) is 46.1 Å². The van der Waals surface area contributed by atoms with Gasteiger partial charge in [-0.05, 0) is 57.4 Å². The van der Waals surface area contributed by atoms with Crippen molar-refractivity contribution in [3.8, 4) is 0 Å². The second kappa shape index (κ2) is 10.5. The van der Waals surface area contributed by atoms with E-state index in [-0.39, 0.29) is 23.5 Å². The normalized spacial score (nSPS) is 19.6. The van der Waals surface area contributed by atoms with Crippen molar-refractivity contribution in [1.82, 2.24) is 5.32 Å². The number of alkyl halides is 2. The number of hydrogen-bond acceptors (Lipinski definition) is 4. The molecule has 2 amide bonds. The topological polar surface area (TPSA) is 71.0 Å². The average Bonchev–Trinajstić information content (AvgIpc) is 2.73. The van der Waals surface area contributed by atoms with Gasteiger partial charge in [0, 0.05) is 47.8 Å². The summed E-state index contributed by atoms with van der Waals surface area (Å²) in [5.74, 6) is -1.24. The van der Waals surface area contributed by atoms with Crippen LogP contribution in [0.1, 0.15) is 42.6 Å². The molecule has 2 aliphatic heterocycles. The summed E-state index contributed by atoms with van der Waals surface area (Å²) in [6.07, 6.45) is 0.520. The van der Waals surface area contributed by atoms with Crippen molar-refractivity contribution in [3.05, 3.63) is 39.9 Å². The van der Waals surface area contributed by atoms with Gasteiger partial charge in [-0.3, -0.25) is 9.59 Å². The molecule has 1 aromatic carbocycles. The number of nitrogens with zero attached hydrogens (tertiary/aromatic N) is 2. The first-order valence-electron chi connectivity index (χ1n) is 10.7. The van der Waals surface area contributed by atoms with E-state index in [9.17, 15) is 18.4 Å². The average molecular weight is 468 g/mol. The van der Waals surface area contributed by atoms with Crippen molar-refractivity contribution in [2.75, 3.05) is 31.2 Å². The van der Waals surface area contributed by atoms with Crippen LogP contribution in [0.2, 0.25) is 5.02 Å². The van der Waals surface area contributed by atoms with Gasteiger partial charge >= 0.3 is 0 Å². The largest absolute Gasteiger partial charge is 0.381 e. The molecular weight excluding hydrogens is 440 g/mol. The summed E-state index contributed by atoms with van der Waals surface area (Å²) in [6.45, 7) is 5.94. The number of dihydropyridines is 1. The van der Waals surface area contributed by atoms with Crippen molar-refractivity contribution >= 4 is 34.8 Å². The second-order valence-electron chi connectivity index (χ2n) is 8.23. The number of hydrogen-bond donors (Lipinski definition) is 1. The lowest BCUT2D eigenvalue weighted by Gasteiger charge is -2.37. The van der Waals surface area contributed by atoms with Crippen molar-refractivity contribution in [1.29, 1.82) is 0 Å². The Morgan fingerprint density at radius 1 is 1.28 bits per heavy atom. The van der Waals surface area contributed by atoms with Crippen molar-refractivity contribution < 1.29 is 23.1 Å². The Morgan fingerprint density at radius 3 is 2.59 bits per heavy atom. The SMILES string of the molecule is CC1=CC(C)=NC(=O)C1CNC(=O)c1cc(Cl)cc(N(CC(F)F)C2CCOCC2)c1C. The molecule has 0 bridgehead atoms. The van der Waals surface area contributed by atoms with Crippen LogP contribution in [0.5, 0.6) is 0 Å². The highest BCUT2D eigenvalue weighted by atomic mass is 35.5. The minimum atomic E-state index is -2.54. The molecule has 0 radical (unpaired) electrons. The van der Waals surface area contributed by atoms with E-state index < -0.39 is 24.8 Å². The molecule has 0 saturated carbocycles. The number of carbonyl (C=O) groups is 2. The lowest BCUT2D eigenvalue weighted by molar-refractivity contribution is -0.120. The molecule has 0 aromatic heterocycles. The van der Waals surface area contributed by atoms with E-state index in [2.05, 4.69) is 10.3 Å². The minimum absolute atomic E-state index is 0.0960. The molecule has 1 fully saturated rings. The Bertz CT molecular complexity index is 943. The fourth-order valence-corrected chi connectivity index (χ4v) is 4.45. The quantitative estimate of drug-likeness (QED) is 0.652.